The lowest BCUT2D eigenvalue weighted by Gasteiger charge is -2.13. The van der Waals surface area contributed by atoms with Crippen LogP contribution in [-0.2, 0) is 9.53 Å². The normalized spacial score (nSPS) is 13.2. The predicted molar refractivity (Wildman–Crippen MR) is 90.4 cm³/mol. The fourth-order valence-electron chi connectivity index (χ4n) is 2.13. The van der Waals surface area contributed by atoms with E-state index in [2.05, 4.69) is 5.32 Å². The molecular formula is C17H15NO6S. The molecule has 0 aliphatic carbocycles. The Hall–Kier alpha value is -2.87. The van der Waals surface area contributed by atoms with E-state index in [4.69, 9.17) is 14.2 Å². The maximum Gasteiger partial charge on any atom is 0.349 e. The van der Waals surface area contributed by atoms with Crippen molar-refractivity contribution in [1.29, 1.82) is 0 Å². The van der Waals surface area contributed by atoms with E-state index in [9.17, 15) is 14.4 Å². The van der Waals surface area contributed by atoms with Gasteiger partial charge in [0, 0.05) is 11.8 Å². The summed E-state index contributed by atoms with van der Waals surface area (Å²) in [5.41, 5.74) is 0.507. The van der Waals surface area contributed by atoms with E-state index in [0.29, 0.717) is 22.1 Å². The second kappa shape index (κ2) is 6.94. The van der Waals surface area contributed by atoms with Gasteiger partial charge >= 0.3 is 5.97 Å². The lowest BCUT2D eigenvalue weighted by Crippen LogP contribution is -2.29. The molecule has 130 valence electrons. The Balaban J connectivity index is 1.60. The molecule has 0 fully saturated rings. The third kappa shape index (κ3) is 3.80. The Morgan fingerprint density at radius 2 is 1.84 bits per heavy atom. The molecule has 8 heteroatoms. The van der Waals surface area contributed by atoms with Crippen LogP contribution in [0.3, 0.4) is 0 Å². The van der Waals surface area contributed by atoms with Crippen molar-refractivity contribution in [2.75, 3.05) is 12.1 Å². The Bertz CT molecular complexity index is 843. The summed E-state index contributed by atoms with van der Waals surface area (Å²) < 4.78 is 15.6. The highest BCUT2D eigenvalue weighted by Crippen LogP contribution is 2.34. The summed E-state index contributed by atoms with van der Waals surface area (Å²) in [6, 6.07) is 8.04. The van der Waals surface area contributed by atoms with Crippen LogP contribution < -0.4 is 14.8 Å². The van der Waals surface area contributed by atoms with Gasteiger partial charge in [-0.1, -0.05) is 0 Å². The number of esters is 1. The average Bonchev–Trinajstić information content (AvgIpc) is 3.23. The van der Waals surface area contributed by atoms with Crippen LogP contribution in [0.1, 0.15) is 33.2 Å². The third-order valence-electron chi connectivity index (χ3n) is 3.45. The van der Waals surface area contributed by atoms with Gasteiger partial charge in [-0.05, 0) is 38.1 Å². The van der Waals surface area contributed by atoms with E-state index in [1.807, 2.05) is 0 Å². The quantitative estimate of drug-likeness (QED) is 0.650. The molecule has 1 N–H and O–H groups in total. The van der Waals surface area contributed by atoms with Gasteiger partial charge in [0.15, 0.2) is 23.4 Å². The number of ether oxygens (including phenoxy) is 3. The number of rotatable bonds is 5. The molecule has 1 atom stereocenters. The standard InChI is InChI=1S/C17H15NO6S/c1-9(19)14-5-6-15(25-14)17(21)24-10(2)16(20)18-11-3-4-12-13(7-11)23-8-22-12/h3-7,10H,8H2,1-2H3,(H,18,20). The van der Waals surface area contributed by atoms with Gasteiger partial charge in [0.2, 0.25) is 6.79 Å². The van der Waals surface area contributed by atoms with Crippen LogP contribution in [0.5, 0.6) is 11.5 Å². The number of hydrogen-bond donors (Lipinski definition) is 1. The minimum absolute atomic E-state index is 0.127. The molecule has 1 aromatic heterocycles. The van der Waals surface area contributed by atoms with Gasteiger partial charge < -0.3 is 19.5 Å². The molecule has 1 aromatic carbocycles. The molecule has 2 heterocycles. The number of hydrogen-bond acceptors (Lipinski definition) is 7. The van der Waals surface area contributed by atoms with Crippen LogP contribution in [0.25, 0.3) is 0 Å². The van der Waals surface area contributed by atoms with E-state index in [1.54, 1.807) is 24.3 Å². The molecule has 0 spiro atoms. The minimum atomic E-state index is -0.999. The summed E-state index contributed by atoms with van der Waals surface area (Å²) in [5, 5.41) is 2.65. The van der Waals surface area contributed by atoms with Crippen molar-refractivity contribution in [3.63, 3.8) is 0 Å². The maximum absolute atomic E-state index is 12.2. The van der Waals surface area contributed by atoms with Crippen molar-refractivity contribution in [3.8, 4) is 11.5 Å². The first-order valence-corrected chi connectivity index (χ1v) is 8.28. The van der Waals surface area contributed by atoms with Crippen LogP contribution in [0.4, 0.5) is 5.69 Å². The predicted octanol–water partition coefficient (Wildman–Crippen LogP) is 2.86. The molecule has 3 rings (SSSR count). The second-order valence-corrected chi connectivity index (χ2v) is 6.41. The summed E-state index contributed by atoms with van der Waals surface area (Å²) in [4.78, 5) is 36.2. The fraction of sp³-hybridized carbons (Fsp3) is 0.235. The summed E-state index contributed by atoms with van der Waals surface area (Å²) in [6.07, 6.45) is -0.999. The lowest BCUT2D eigenvalue weighted by molar-refractivity contribution is -0.123. The van der Waals surface area contributed by atoms with Gasteiger partial charge in [-0.25, -0.2) is 4.79 Å². The zero-order chi connectivity index (χ0) is 18.0. The second-order valence-electron chi connectivity index (χ2n) is 5.32. The third-order valence-corrected chi connectivity index (χ3v) is 4.61. The molecule has 1 unspecified atom stereocenters. The van der Waals surface area contributed by atoms with Gasteiger partial charge in [-0.2, -0.15) is 0 Å². The number of fused-ring (bicyclic) bond motifs is 1. The Kier molecular flexibility index (Phi) is 4.71. The number of amides is 1. The molecule has 1 amide bonds. The zero-order valence-corrected chi connectivity index (χ0v) is 14.3. The van der Waals surface area contributed by atoms with Crippen LogP contribution in [0.2, 0.25) is 0 Å². The largest absolute Gasteiger partial charge is 0.454 e. The lowest BCUT2D eigenvalue weighted by atomic mass is 10.2. The molecule has 0 radical (unpaired) electrons. The molecule has 0 bridgehead atoms. The first-order valence-electron chi connectivity index (χ1n) is 7.46. The van der Waals surface area contributed by atoms with Crippen molar-refractivity contribution in [3.05, 3.63) is 40.1 Å². The van der Waals surface area contributed by atoms with Crippen molar-refractivity contribution >= 4 is 34.7 Å². The smallest absolute Gasteiger partial charge is 0.349 e. The Labute approximate surface area is 147 Å². The Morgan fingerprint density at radius 1 is 1.12 bits per heavy atom. The van der Waals surface area contributed by atoms with Crippen LogP contribution in [-0.4, -0.2) is 30.6 Å². The summed E-state index contributed by atoms with van der Waals surface area (Å²) in [5.74, 6) is -0.103. The number of anilines is 1. The van der Waals surface area contributed by atoms with Crippen LogP contribution in [0, 0.1) is 0 Å². The first kappa shape index (κ1) is 17.0. The van der Waals surface area contributed by atoms with Crippen LogP contribution >= 0.6 is 11.3 Å². The average molecular weight is 361 g/mol. The SMILES string of the molecule is CC(=O)c1ccc(C(=O)OC(C)C(=O)Nc2ccc3c(c2)OCO3)s1. The number of carbonyl (C=O) groups excluding carboxylic acids is 3. The molecule has 1 aliphatic rings. The number of thiophene rings is 1. The zero-order valence-electron chi connectivity index (χ0n) is 13.5. The van der Waals surface area contributed by atoms with Gasteiger partial charge in [0.25, 0.3) is 5.91 Å². The van der Waals surface area contributed by atoms with Crippen LogP contribution in [0.15, 0.2) is 30.3 Å². The molecule has 2 aromatic rings. The number of nitrogens with one attached hydrogen (secondary N) is 1. The fourth-order valence-corrected chi connectivity index (χ4v) is 2.91. The molecular weight excluding hydrogens is 346 g/mol. The summed E-state index contributed by atoms with van der Waals surface area (Å²) >= 11 is 1.03. The molecule has 1 aliphatic heterocycles. The molecule has 25 heavy (non-hydrogen) atoms. The number of carbonyl (C=O) groups is 3. The van der Waals surface area contributed by atoms with Gasteiger partial charge in [-0.15, -0.1) is 11.3 Å². The highest BCUT2D eigenvalue weighted by atomic mass is 32.1. The summed E-state index contributed by atoms with van der Waals surface area (Å²) in [6.45, 7) is 3.03. The highest BCUT2D eigenvalue weighted by Gasteiger charge is 2.22. The topological polar surface area (TPSA) is 90.9 Å². The van der Waals surface area contributed by atoms with E-state index in [-0.39, 0.29) is 17.5 Å². The Morgan fingerprint density at radius 3 is 2.56 bits per heavy atom. The van der Waals surface area contributed by atoms with E-state index < -0.39 is 18.0 Å². The van der Waals surface area contributed by atoms with Crippen molar-refractivity contribution in [2.45, 2.75) is 20.0 Å². The molecule has 0 saturated carbocycles. The van der Waals surface area contributed by atoms with E-state index >= 15 is 0 Å². The van der Waals surface area contributed by atoms with Gasteiger partial charge in [-0.3, -0.25) is 9.59 Å². The molecule has 0 saturated heterocycles. The van der Waals surface area contributed by atoms with Gasteiger partial charge in [0.05, 0.1) is 4.88 Å². The monoisotopic (exact) mass is 361 g/mol. The van der Waals surface area contributed by atoms with Crippen molar-refractivity contribution in [2.24, 2.45) is 0 Å². The molecule has 7 nitrogen and oxygen atoms in total. The van der Waals surface area contributed by atoms with Crippen molar-refractivity contribution in [1.82, 2.24) is 0 Å². The van der Waals surface area contributed by atoms with E-state index in [1.165, 1.54) is 19.9 Å². The summed E-state index contributed by atoms with van der Waals surface area (Å²) in [7, 11) is 0. The van der Waals surface area contributed by atoms with E-state index in [0.717, 1.165) is 11.3 Å². The number of ketones is 1. The minimum Gasteiger partial charge on any atom is -0.454 e. The van der Waals surface area contributed by atoms with Gasteiger partial charge in [0.1, 0.15) is 4.88 Å². The van der Waals surface area contributed by atoms with Crippen molar-refractivity contribution < 1.29 is 28.6 Å². The number of benzene rings is 1. The number of Topliss-reactive ketones (excluding diaryl/α,β-unsaturated/α-hetero) is 1. The maximum atomic E-state index is 12.2. The first-order chi connectivity index (χ1) is 11.9. The highest BCUT2D eigenvalue weighted by molar-refractivity contribution is 7.15.